The predicted octanol–water partition coefficient (Wildman–Crippen LogP) is 4.01. The third kappa shape index (κ3) is 5.59. The van der Waals surface area contributed by atoms with Gasteiger partial charge in [0.2, 0.25) is 5.91 Å². The van der Waals surface area contributed by atoms with E-state index in [2.05, 4.69) is 6.92 Å². The lowest BCUT2D eigenvalue weighted by atomic mass is 10.1. The molecule has 7 heteroatoms. The molecule has 0 spiro atoms. The van der Waals surface area contributed by atoms with Crippen molar-refractivity contribution in [2.75, 3.05) is 19.7 Å². The Morgan fingerprint density at radius 1 is 1.13 bits per heavy atom. The fourth-order valence-corrected chi connectivity index (χ4v) is 5.37. The van der Waals surface area contributed by atoms with Gasteiger partial charge in [-0.2, -0.15) is 0 Å². The lowest BCUT2D eigenvalue weighted by Gasteiger charge is -2.32. The minimum absolute atomic E-state index is 0.0414. The maximum Gasteiger partial charge on any atom is 0.222 e. The Kier molecular flexibility index (Phi) is 7.48. The molecule has 0 bridgehead atoms. The number of nitrogens with zero attached hydrogens (tertiary/aromatic N) is 1. The first-order valence-corrected chi connectivity index (χ1v) is 11.9. The van der Waals surface area contributed by atoms with E-state index in [0.717, 1.165) is 29.9 Å². The molecule has 5 nitrogen and oxygen atoms in total. The minimum atomic E-state index is -3.60. The third-order valence-electron chi connectivity index (χ3n) is 5.34. The molecule has 1 aliphatic rings. The summed E-state index contributed by atoms with van der Waals surface area (Å²) in [5, 5.41) is -0.657. The zero-order valence-electron chi connectivity index (χ0n) is 17.2. The Balaban J connectivity index is 1.57. The standard InChI is InChI=1S/C23H28FNO4S/c1-2-16-29-20-10-5-18(6-11-20)7-14-23(26)25-15-3-4-22(17-25)30(27,28)21-12-8-19(24)9-13-21/h5-6,8-13,22H,2-4,7,14-17H2,1H3. The first-order chi connectivity index (χ1) is 14.4. The third-order valence-corrected chi connectivity index (χ3v) is 7.53. The number of aryl methyl sites for hydroxylation is 1. The van der Waals surface area contributed by atoms with Crippen LogP contribution in [0.4, 0.5) is 4.39 Å². The van der Waals surface area contributed by atoms with Crippen molar-refractivity contribution in [3.05, 3.63) is 59.9 Å². The number of likely N-dealkylation sites (tertiary alicyclic amines) is 1. The molecule has 0 aliphatic carbocycles. The fourth-order valence-electron chi connectivity index (χ4n) is 3.62. The smallest absolute Gasteiger partial charge is 0.222 e. The van der Waals surface area contributed by atoms with E-state index in [1.54, 1.807) is 4.90 Å². The maximum absolute atomic E-state index is 13.1. The van der Waals surface area contributed by atoms with Gasteiger partial charge < -0.3 is 9.64 Å². The largest absolute Gasteiger partial charge is 0.494 e. The van der Waals surface area contributed by atoms with Gasteiger partial charge in [0, 0.05) is 19.5 Å². The highest BCUT2D eigenvalue weighted by Crippen LogP contribution is 2.25. The lowest BCUT2D eigenvalue weighted by molar-refractivity contribution is -0.131. The summed E-state index contributed by atoms with van der Waals surface area (Å²) < 4.78 is 44.5. The molecule has 2 aromatic carbocycles. The molecule has 2 aromatic rings. The molecular formula is C23H28FNO4S. The van der Waals surface area contributed by atoms with Crippen molar-refractivity contribution < 1.29 is 22.3 Å². The van der Waals surface area contributed by atoms with Crippen LogP contribution < -0.4 is 4.74 Å². The summed E-state index contributed by atoms with van der Waals surface area (Å²) in [6, 6.07) is 12.6. The van der Waals surface area contributed by atoms with Crippen molar-refractivity contribution in [1.82, 2.24) is 4.90 Å². The lowest BCUT2D eigenvalue weighted by Crippen LogP contribution is -2.45. The number of hydrogen-bond donors (Lipinski definition) is 0. The van der Waals surface area contributed by atoms with Gasteiger partial charge in [-0.1, -0.05) is 19.1 Å². The second kappa shape index (κ2) is 10.1. The van der Waals surface area contributed by atoms with Gasteiger partial charge in [0.25, 0.3) is 0 Å². The van der Waals surface area contributed by atoms with Gasteiger partial charge in [-0.05, 0) is 67.6 Å². The second-order valence-corrected chi connectivity index (χ2v) is 9.82. The minimum Gasteiger partial charge on any atom is -0.494 e. The summed E-state index contributed by atoms with van der Waals surface area (Å²) in [7, 11) is -3.60. The van der Waals surface area contributed by atoms with E-state index in [0.29, 0.717) is 38.8 Å². The summed E-state index contributed by atoms with van der Waals surface area (Å²) in [6.07, 6.45) is 3.02. The molecule has 1 fully saturated rings. The number of sulfone groups is 1. The maximum atomic E-state index is 13.1. The van der Waals surface area contributed by atoms with E-state index in [1.807, 2.05) is 24.3 Å². The number of piperidine rings is 1. The summed E-state index contributed by atoms with van der Waals surface area (Å²) >= 11 is 0. The van der Waals surface area contributed by atoms with Crippen molar-refractivity contribution in [2.45, 2.75) is 49.2 Å². The van der Waals surface area contributed by atoms with Gasteiger partial charge >= 0.3 is 0 Å². The molecule has 0 N–H and O–H groups in total. The molecule has 0 aromatic heterocycles. The Hall–Kier alpha value is -2.41. The van der Waals surface area contributed by atoms with E-state index in [-0.39, 0.29) is 17.3 Å². The molecule has 1 saturated heterocycles. The van der Waals surface area contributed by atoms with Gasteiger partial charge in [0.15, 0.2) is 9.84 Å². The molecule has 0 radical (unpaired) electrons. The zero-order chi connectivity index (χ0) is 21.6. The van der Waals surface area contributed by atoms with Crippen LogP contribution in [0.1, 0.15) is 38.2 Å². The second-order valence-electron chi connectivity index (χ2n) is 7.60. The Bertz CT molecular complexity index is 942. The van der Waals surface area contributed by atoms with Crippen LogP contribution in [0.5, 0.6) is 5.75 Å². The highest BCUT2D eigenvalue weighted by Gasteiger charge is 2.33. The summed E-state index contributed by atoms with van der Waals surface area (Å²) in [5.74, 6) is 0.302. The molecule has 1 unspecified atom stereocenters. The van der Waals surface area contributed by atoms with Crippen LogP contribution in [0.2, 0.25) is 0 Å². The fraction of sp³-hybridized carbons (Fsp3) is 0.435. The molecule has 1 aliphatic heterocycles. The van der Waals surface area contributed by atoms with Gasteiger partial charge in [-0.25, -0.2) is 12.8 Å². The van der Waals surface area contributed by atoms with E-state index >= 15 is 0 Å². The average molecular weight is 434 g/mol. The van der Waals surface area contributed by atoms with Crippen LogP contribution in [-0.4, -0.2) is 44.2 Å². The average Bonchev–Trinajstić information content (AvgIpc) is 2.77. The number of rotatable bonds is 8. The van der Waals surface area contributed by atoms with Crippen LogP contribution >= 0.6 is 0 Å². The van der Waals surface area contributed by atoms with Crippen LogP contribution in [0, 0.1) is 5.82 Å². The van der Waals surface area contributed by atoms with E-state index in [4.69, 9.17) is 4.74 Å². The van der Waals surface area contributed by atoms with E-state index in [9.17, 15) is 17.6 Å². The molecule has 1 heterocycles. The number of ether oxygens (including phenoxy) is 1. The highest BCUT2D eigenvalue weighted by molar-refractivity contribution is 7.92. The van der Waals surface area contributed by atoms with Crippen LogP contribution in [0.25, 0.3) is 0 Å². The number of carbonyl (C=O) groups excluding carboxylic acids is 1. The Labute approximate surface area is 177 Å². The van der Waals surface area contributed by atoms with Gasteiger partial charge in [0.1, 0.15) is 11.6 Å². The molecular weight excluding hydrogens is 405 g/mol. The number of hydrogen-bond acceptors (Lipinski definition) is 4. The molecule has 1 atom stereocenters. The quantitative estimate of drug-likeness (QED) is 0.590. The Morgan fingerprint density at radius 2 is 1.83 bits per heavy atom. The van der Waals surface area contributed by atoms with Gasteiger partial charge in [-0.15, -0.1) is 0 Å². The topological polar surface area (TPSA) is 63.7 Å². The number of benzene rings is 2. The summed E-state index contributed by atoms with van der Waals surface area (Å²) in [4.78, 5) is 14.4. The Morgan fingerprint density at radius 3 is 2.50 bits per heavy atom. The van der Waals surface area contributed by atoms with Crippen molar-refractivity contribution in [1.29, 1.82) is 0 Å². The van der Waals surface area contributed by atoms with E-state index < -0.39 is 20.9 Å². The SMILES string of the molecule is CCCOc1ccc(CCC(=O)N2CCCC(S(=O)(=O)c3ccc(F)cc3)C2)cc1. The van der Waals surface area contributed by atoms with Gasteiger partial charge in [-0.3, -0.25) is 4.79 Å². The van der Waals surface area contributed by atoms with Crippen LogP contribution in [0.15, 0.2) is 53.4 Å². The number of carbonyl (C=O) groups is 1. The number of amides is 1. The molecule has 3 rings (SSSR count). The molecule has 30 heavy (non-hydrogen) atoms. The summed E-state index contributed by atoms with van der Waals surface area (Å²) in [6.45, 7) is 3.48. The van der Waals surface area contributed by atoms with Crippen LogP contribution in [0.3, 0.4) is 0 Å². The molecule has 1 amide bonds. The first kappa shape index (κ1) is 22.3. The zero-order valence-corrected chi connectivity index (χ0v) is 18.0. The normalized spacial score (nSPS) is 17.0. The van der Waals surface area contributed by atoms with Crippen molar-refractivity contribution in [3.8, 4) is 5.75 Å². The van der Waals surface area contributed by atoms with Crippen molar-refractivity contribution in [3.63, 3.8) is 0 Å². The predicted molar refractivity (Wildman–Crippen MR) is 114 cm³/mol. The van der Waals surface area contributed by atoms with E-state index in [1.165, 1.54) is 12.1 Å². The monoisotopic (exact) mass is 433 g/mol. The van der Waals surface area contributed by atoms with Crippen molar-refractivity contribution >= 4 is 15.7 Å². The van der Waals surface area contributed by atoms with Gasteiger partial charge in [0.05, 0.1) is 16.8 Å². The highest BCUT2D eigenvalue weighted by atomic mass is 32.2. The van der Waals surface area contributed by atoms with Crippen LogP contribution in [-0.2, 0) is 21.1 Å². The number of halogens is 1. The first-order valence-electron chi connectivity index (χ1n) is 10.4. The molecule has 0 saturated carbocycles. The molecule has 162 valence electrons. The van der Waals surface area contributed by atoms with Crippen molar-refractivity contribution in [2.24, 2.45) is 0 Å². The summed E-state index contributed by atoms with van der Waals surface area (Å²) in [5.41, 5.74) is 1.04.